The number of sulfonamides is 1. The van der Waals surface area contributed by atoms with Crippen LogP contribution in [0.4, 0.5) is 9.52 Å². The zero-order valence-corrected chi connectivity index (χ0v) is 14.3. The van der Waals surface area contributed by atoms with E-state index in [1.807, 2.05) is 4.90 Å². The number of Topliss-reactive ketones (excluding diaryl/α,β-unsaturated/α-hetero) is 1. The molecular formula is C15H16FN3O3S2. The molecule has 1 aliphatic heterocycles. The number of hydrogen-bond donors (Lipinski definition) is 1. The molecule has 6 nitrogen and oxygen atoms in total. The van der Waals surface area contributed by atoms with Crippen molar-refractivity contribution in [3.63, 3.8) is 0 Å². The van der Waals surface area contributed by atoms with E-state index in [1.54, 1.807) is 0 Å². The highest BCUT2D eigenvalue weighted by molar-refractivity contribution is 7.91. The third-order valence-corrected chi connectivity index (χ3v) is 6.48. The SMILES string of the molecule is NS(=O)(=O)c1cnc(N2CCC(C(=O)c3ccc(F)cc3)CC2)s1. The summed E-state index contributed by atoms with van der Waals surface area (Å²) >= 11 is 1.03. The minimum absolute atomic E-state index is 0.0130. The summed E-state index contributed by atoms with van der Waals surface area (Å²) in [6.07, 6.45) is 2.53. The van der Waals surface area contributed by atoms with E-state index in [4.69, 9.17) is 5.14 Å². The molecule has 1 aromatic carbocycles. The van der Waals surface area contributed by atoms with Gasteiger partial charge in [0.2, 0.25) is 10.0 Å². The molecule has 0 unspecified atom stereocenters. The van der Waals surface area contributed by atoms with Crippen LogP contribution in [0.1, 0.15) is 23.2 Å². The number of primary sulfonamides is 1. The van der Waals surface area contributed by atoms with Gasteiger partial charge >= 0.3 is 0 Å². The number of benzene rings is 1. The molecule has 1 fully saturated rings. The number of halogens is 1. The van der Waals surface area contributed by atoms with Gasteiger partial charge < -0.3 is 4.90 Å². The first-order valence-electron chi connectivity index (χ1n) is 7.38. The van der Waals surface area contributed by atoms with Crippen LogP contribution < -0.4 is 10.0 Å². The molecule has 3 rings (SSSR count). The molecule has 0 amide bonds. The highest BCUT2D eigenvalue weighted by atomic mass is 32.2. The van der Waals surface area contributed by atoms with Gasteiger partial charge in [0.25, 0.3) is 0 Å². The van der Waals surface area contributed by atoms with E-state index in [9.17, 15) is 17.6 Å². The van der Waals surface area contributed by atoms with E-state index >= 15 is 0 Å². The van der Waals surface area contributed by atoms with E-state index < -0.39 is 10.0 Å². The molecule has 24 heavy (non-hydrogen) atoms. The molecule has 128 valence electrons. The molecule has 0 spiro atoms. The second-order valence-corrected chi connectivity index (χ2v) is 8.44. The maximum Gasteiger partial charge on any atom is 0.249 e. The van der Waals surface area contributed by atoms with Crippen molar-refractivity contribution in [2.24, 2.45) is 11.1 Å². The van der Waals surface area contributed by atoms with Crippen molar-refractivity contribution in [2.75, 3.05) is 18.0 Å². The predicted molar refractivity (Wildman–Crippen MR) is 89.2 cm³/mol. The van der Waals surface area contributed by atoms with Crippen molar-refractivity contribution < 1.29 is 17.6 Å². The minimum atomic E-state index is -3.74. The summed E-state index contributed by atoms with van der Waals surface area (Å²) in [5, 5.41) is 5.68. The topological polar surface area (TPSA) is 93.4 Å². The molecule has 1 saturated heterocycles. The number of aromatic nitrogens is 1. The molecular weight excluding hydrogens is 353 g/mol. The van der Waals surface area contributed by atoms with E-state index in [0.717, 1.165) is 11.3 Å². The van der Waals surface area contributed by atoms with Crippen molar-refractivity contribution in [3.05, 3.63) is 41.8 Å². The molecule has 1 aliphatic rings. The first-order chi connectivity index (χ1) is 11.3. The molecule has 0 saturated carbocycles. The van der Waals surface area contributed by atoms with Crippen LogP contribution in [0.2, 0.25) is 0 Å². The number of anilines is 1. The quantitative estimate of drug-likeness (QED) is 0.833. The van der Waals surface area contributed by atoms with Gasteiger partial charge in [0.05, 0.1) is 6.20 Å². The number of thiazole rings is 1. The minimum Gasteiger partial charge on any atom is -0.348 e. The van der Waals surface area contributed by atoms with Crippen LogP contribution in [0.3, 0.4) is 0 Å². The molecule has 2 N–H and O–H groups in total. The Balaban J connectivity index is 1.64. The second kappa shape index (κ2) is 6.58. The number of nitrogens with zero attached hydrogens (tertiary/aromatic N) is 2. The molecule has 0 atom stereocenters. The van der Waals surface area contributed by atoms with Gasteiger partial charge in [-0.15, -0.1) is 0 Å². The average Bonchev–Trinajstić information content (AvgIpc) is 3.05. The Morgan fingerprint density at radius 3 is 2.42 bits per heavy atom. The monoisotopic (exact) mass is 369 g/mol. The Morgan fingerprint density at radius 2 is 1.88 bits per heavy atom. The van der Waals surface area contributed by atoms with Crippen LogP contribution in [0, 0.1) is 11.7 Å². The molecule has 1 aromatic heterocycles. The number of hydrogen-bond acceptors (Lipinski definition) is 6. The van der Waals surface area contributed by atoms with Crippen molar-refractivity contribution >= 4 is 32.3 Å². The standard InChI is InChI=1S/C15H16FN3O3S2/c16-12-3-1-10(2-4-12)14(20)11-5-7-19(8-6-11)15-18-9-13(23-15)24(17,21)22/h1-4,9,11H,5-8H2,(H2,17,21,22). The van der Waals surface area contributed by atoms with Crippen LogP contribution in [-0.4, -0.2) is 32.3 Å². The van der Waals surface area contributed by atoms with Crippen molar-refractivity contribution in [1.29, 1.82) is 0 Å². The van der Waals surface area contributed by atoms with Gasteiger partial charge in [0.15, 0.2) is 15.1 Å². The van der Waals surface area contributed by atoms with Crippen LogP contribution in [-0.2, 0) is 10.0 Å². The summed E-state index contributed by atoms with van der Waals surface area (Å²) < 4.78 is 35.6. The number of rotatable bonds is 4. The van der Waals surface area contributed by atoms with E-state index in [2.05, 4.69) is 4.98 Å². The van der Waals surface area contributed by atoms with Gasteiger partial charge in [-0.1, -0.05) is 11.3 Å². The van der Waals surface area contributed by atoms with Crippen molar-refractivity contribution in [2.45, 2.75) is 17.1 Å². The molecule has 2 heterocycles. The first-order valence-corrected chi connectivity index (χ1v) is 9.74. The van der Waals surface area contributed by atoms with Gasteiger partial charge in [-0.05, 0) is 37.1 Å². The number of ketones is 1. The average molecular weight is 369 g/mol. The van der Waals surface area contributed by atoms with Crippen molar-refractivity contribution in [3.8, 4) is 0 Å². The van der Waals surface area contributed by atoms with Gasteiger partial charge in [-0.3, -0.25) is 4.79 Å². The number of piperidine rings is 1. The molecule has 0 bridgehead atoms. The van der Waals surface area contributed by atoms with Crippen LogP contribution in [0.15, 0.2) is 34.7 Å². The summed E-state index contributed by atoms with van der Waals surface area (Å²) in [6, 6.07) is 5.58. The van der Waals surface area contributed by atoms with Gasteiger partial charge in [-0.2, -0.15) is 0 Å². The zero-order chi connectivity index (χ0) is 17.3. The van der Waals surface area contributed by atoms with E-state index in [1.165, 1.54) is 30.5 Å². The maximum absolute atomic E-state index is 12.9. The predicted octanol–water partition coefficient (Wildman–Crippen LogP) is 2.03. The lowest BCUT2D eigenvalue weighted by atomic mass is 9.89. The molecule has 9 heteroatoms. The molecule has 0 aliphatic carbocycles. The summed E-state index contributed by atoms with van der Waals surface area (Å²) in [7, 11) is -3.74. The summed E-state index contributed by atoms with van der Waals surface area (Å²) in [4.78, 5) is 18.5. The fourth-order valence-corrected chi connectivity index (χ4v) is 4.30. The fraction of sp³-hybridized carbons (Fsp3) is 0.333. The lowest BCUT2D eigenvalue weighted by Crippen LogP contribution is -2.36. The lowest BCUT2D eigenvalue weighted by molar-refractivity contribution is 0.0900. The first kappa shape index (κ1) is 17.0. The van der Waals surface area contributed by atoms with Crippen LogP contribution in [0.25, 0.3) is 0 Å². The Hall–Kier alpha value is -1.84. The van der Waals surface area contributed by atoms with Crippen molar-refractivity contribution in [1.82, 2.24) is 4.98 Å². The normalized spacial score (nSPS) is 16.3. The second-order valence-electron chi connectivity index (χ2n) is 5.64. The van der Waals surface area contributed by atoms with E-state index in [-0.39, 0.29) is 21.7 Å². The largest absolute Gasteiger partial charge is 0.348 e. The summed E-state index contributed by atoms with van der Waals surface area (Å²) in [6.45, 7) is 1.21. The maximum atomic E-state index is 12.9. The molecule has 2 aromatic rings. The number of carbonyl (C=O) groups excluding carboxylic acids is 1. The molecule has 0 radical (unpaired) electrons. The Kier molecular flexibility index (Phi) is 4.66. The van der Waals surface area contributed by atoms with Gasteiger partial charge in [0.1, 0.15) is 5.82 Å². The number of nitrogens with two attached hydrogens (primary N) is 1. The fourth-order valence-electron chi connectivity index (χ4n) is 2.71. The van der Waals surface area contributed by atoms with Gasteiger partial charge in [-0.25, -0.2) is 22.9 Å². The zero-order valence-electron chi connectivity index (χ0n) is 12.7. The lowest BCUT2D eigenvalue weighted by Gasteiger charge is -2.31. The van der Waals surface area contributed by atoms with E-state index in [0.29, 0.717) is 36.6 Å². The summed E-state index contributed by atoms with van der Waals surface area (Å²) in [5.74, 6) is -0.473. The Morgan fingerprint density at radius 1 is 1.25 bits per heavy atom. The Labute approximate surface area is 143 Å². The Bertz CT molecular complexity index is 841. The number of carbonyl (C=O) groups is 1. The smallest absolute Gasteiger partial charge is 0.249 e. The third kappa shape index (κ3) is 3.63. The van der Waals surface area contributed by atoms with Gasteiger partial charge in [0, 0.05) is 24.6 Å². The highest BCUT2D eigenvalue weighted by Crippen LogP contribution is 2.30. The summed E-state index contributed by atoms with van der Waals surface area (Å²) in [5.41, 5.74) is 0.514. The van der Waals surface area contributed by atoms with Crippen LogP contribution in [0.5, 0.6) is 0 Å². The van der Waals surface area contributed by atoms with Crippen LogP contribution >= 0.6 is 11.3 Å². The highest BCUT2D eigenvalue weighted by Gasteiger charge is 2.27. The third-order valence-electron chi connectivity index (χ3n) is 4.02.